The molecule has 1 saturated carbocycles. The number of methoxy groups -OCH3 is 1. The average molecular weight is 362 g/mol. The zero-order valence-electron chi connectivity index (χ0n) is 15.8. The fourth-order valence-corrected chi connectivity index (χ4v) is 3.31. The number of rotatable bonds is 8. The first-order valence-corrected chi connectivity index (χ1v) is 9.41. The predicted molar refractivity (Wildman–Crippen MR) is 100 cm³/mol. The molecule has 0 aromatic heterocycles. The molecule has 0 unspecified atom stereocenters. The first-order valence-electron chi connectivity index (χ1n) is 9.41. The number of nitrogens with one attached hydrogen (secondary N) is 1. The number of carbonyl (C=O) groups excluding carboxylic acids is 2. The van der Waals surface area contributed by atoms with Crippen LogP contribution in [0.3, 0.4) is 0 Å². The summed E-state index contributed by atoms with van der Waals surface area (Å²) >= 11 is 0. The lowest BCUT2D eigenvalue weighted by atomic mass is 10.1. The van der Waals surface area contributed by atoms with Crippen molar-refractivity contribution in [1.82, 2.24) is 10.2 Å². The second-order valence-corrected chi connectivity index (χ2v) is 6.67. The van der Waals surface area contributed by atoms with Gasteiger partial charge in [0.05, 0.1) is 20.2 Å². The van der Waals surface area contributed by atoms with E-state index in [0.29, 0.717) is 13.2 Å². The Morgan fingerprint density at radius 2 is 1.69 bits per heavy atom. The molecule has 1 aliphatic carbocycles. The van der Waals surface area contributed by atoms with Crippen LogP contribution in [0.25, 0.3) is 0 Å². The van der Waals surface area contributed by atoms with E-state index in [4.69, 9.17) is 9.47 Å². The van der Waals surface area contributed by atoms with Crippen LogP contribution in [0.1, 0.15) is 45.4 Å². The van der Waals surface area contributed by atoms with Gasteiger partial charge in [-0.1, -0.05) is 25.7 Å². The smallest absolute Gasteiger partial charge is 0.239 e. The molecule has 2 rings (SSSR count). The van der Waals surface area contributed by atoms with Gasteiger partial charge in [-0.3, -0.25) is 9.59 Å². The van der Waals surface area contributed by atoms with E-state index in [2.05, 4.69) is 5.32 Å². The van der Waals surface area contributed by atoms with Crippen LogP contribution in [0.5, 0.6) is 11.5 Å². The summed E-state index contributed by atoms with van der Waals surface area (Å²) in [6.07, 6.45) is 6.69. The first-order chi connectivity index (χ1) is 12.6. The molecule has 1 N–H and O–H groups in total. The van der Waals surface area contributed by atoms with Gasteiger partial charge in [0.25, 0.3) is 0 Å². The van der Waals surface area contributed by atoms with Crippen molar-refractivity contribution in [2.75, 3.05) is 26.8 Å². The molecule has 144 valence electrons. The van der Waals surface area contributed by atoms with Gasteiger partial charge < -0.3 is 19.7 Å². The van der Waals surface area contributed by atoms with Crippen LogP contribution in [-0.4, -0.2) is 49.6 Å². The van der Waals surface area contributed by atoms with E-state index in [1.165, 1.54) is 12.8 Å². The van der Waals surface area contributed by atoms with Gasteiger partial charge >= 0.3 is 0 Å². The predicted octanol–water partition coefficient (Wildman–Crippen LogP) is 2.76. The minimum atomic E-state index is -0.136. The number of amides is 2. The van der Waals surface area contributed by atoms with Gasteiger partial charge in [0.1, 0.15) is 18.1 Å². The van der Waals surface area contributed by atoms with Crippen LogP contribution in [0.15, 0.2) is 24.3 Å². The van der Waals surface area contributed by atoms with Crippen molar-refractivity contribution >= 4 is 11.8 Å². The molecule has 0 aliphatic heterocycles. The van der Waals surface area contributed by atoms with E-state index >= 15 is 0 Å². The zero-order valence-corrected chi connectivity index (χ0v) is 15.8. The van der Waals surface area contributed by atoms with E-state index in [1.807, 2.05) is 24.3 Å². The molecule has 1 aliphatic rings. The second kappa shape index (κ2) is 10.7. The van der Waals surface area contributed by atoms with Crippen LogP contribution < -0.4 is 14.8 Å². The van der Waals surface area contributed by atoms with Gasteiger partial charge in [0.15, 0.2) is 0 Å². The van der Waals surface area contributed by atoms with Crippen molar-refractivity contribution < 1.29 is 19.1 Å². The molecule has 6 nitrogen and oxygen atoms in total. The normalized spacial score (nSPS) is 15.0. The van der Waals surface area contributed by atoms with Crippen molar-refractivity contribution in [3.05, 3.63) is 24.3 Å². The summed E-state index contributed by atoms with van der Waals surface area (Å²) in [6.45, 7) is 2.45. The third kappa shape index (κ3) is 6.58. The maximum absolute atomic E-state index is 12.2. The molecular formula is C20H30N2O4. The Labute approximate surface area is 155 Å². The molecule has 1 aromatic carbocycles. The summed E-state index contributed by atoms with van der Waals surface area (Å²) in [7, 11) is 1.62. The molecule has 26 heavy (non-hydrogen) atoms. The molecule has 0 bridgehead atoms. The van der Waals surface area contributed by atoms with Crippen LogP contribution in [-0.2, 0) is 9.59 Å². The van der Waals surface area contributed by atoms with Gasteiger partial charge in [0.2, 0.25) is 11.8 Å². The molecule has 0 spiro atoms. The molecule has 0 heterocycles. The summed E-state index contributed by atoms with van der Waals surface area (Å²) in [5.41, 5.74) is 0. The number of hydrogen-bond acceptors (Lipinski definition) is 4. The SMILES string of the molecule is COc1ccc(OCCNC(=O)CN(C(C)=O)C2CCCCCC2)cc1. The number of benzene rings is 1. The van der Waals surface area contributed by atoms with Gasteiger partial charge in [0, 0.05) is 13.0 Å². The van der Waals surface area contributed by atoms with Crippen LogP contribution >= 0.6 is 0 Å². The third-order valence-electron chi connectivity index (χ3n) is 4.74. The topological polar surface area (TPSA) is 67.9 Å². The van der Waals surface area contributed by atoms with Gasteiger partial charge in [-0.2, -0.15) is 0 Å². The van der Waals surface area contributed by atoms with Gasteiger partial charge in [-0.05, 0) is 37.1 Å². The minimum Gasteiger partial charge on any atom is -0.497 e. The average Bonchev–Trinajstić information content (AvgIpc) is 2.93. The summed E-state index contributed by atoms with van der Waals surface area (Å²) in [5.74, 6) is 1.33. The zero-order chi connectivity index (χ0) is 18.8. The molecule has 2 amide bonds. The Kier molecular flexibility index (Phi) is 8.25. The summed E-state index contributed by atoms with van der Waals surface area (Å²) < 4.78 is 10.7. The highest BCUT2D eigenvalue weighted by Gasteiger charge is 2.24. The Morgan fingerprint density at radius 1 is 1.08 bits per heavy atom. The van der Waals surface area contributed by atoms with Crippen molar-refractivity contribution in [3.8, 4) is 11.5 Å². The van der Waals surface area contributed by atoms with E-state index in [0.717, 1.165) is 37.2 Å². The van der Waals surface area contributed by atoms with E-state index < -0.39 is 0 Å². The highest BCUT2D eigenvalue weighted by molar-refractivity contribution is 5.83. The van der Waals surface area contributed by atoms with Crippen molar-refractivity contribution in [1.29, 1.82) is 0 Å². The largest absolute Gasteiger partial charge is 0.497 e. The summed E-state index contributed by atoms with van der Waals surface area (Å²) in [4.78, 5) is 25.9. The molecule has 0 atom stereocenters. The molecular weight excluding hydrogens is 332 g/mol. The lowest BCUT2D eigenvalue weighted by molar-refractivity contribution is -0.136. The number of hydrogen-bond donors (Lipinski definition) is 1. The first kappa shape index (κ1) is 20.1. The number of nitrogens with zero attached hydrogens (tertiary/aromatic N) is 1. The Bertz CT molecular complexity index is 566. The van der Waals surface area contributed by atoms with Crippen molar-refractivity contribution in [3.63, 3.8) is 0 Å². The fourth-order valence-electron chi connectivity index (χ4n) is 3.31. The molecule has 6 heteroatoms. The van der Waals surface area contributed by atoms with Crippen molar-refractivity contribution in [2.24, 2.45) is 0 Å². The second-order valence-electron chi connectivity index (χ2n) is 6.67. The van der Waals surface area contributed by atoms with Gasteiger partial charge in [-0.15, -0.1) is 0 Å². The van der Waals surface area contributed by atoms with E-state index in [9.17, 15) is 9.59 Å². The molecule has 0 radical (unpaired) electrons. The quantitative estimate of drug-likeness (QED) is 0.570. The lowest BCUT2D eigenvalue weighted by Crippen LogP contribution is -2.46. The fraction of sp³-hybridized carbons (Fsp3) is 0.600. The van der Waals surface area contributed by atoms with E-state index in [1.54, 1.807) is 18.9 Å². The highest BCUT2D eigenvalue weighted by atomic mass is 16.5. The maximum atomic E-state index is 12.2. The van der Waals surface area contributed by atoms with Crippen LogP contribution in [0.4, 0.5) is 0 Å². The molecule has 0 saturated heterocycles. The Balaban J connectivity index is 1.72. The lowest BCUT2D eigenvalue weighted by Gasteiger charge is -2.29. The maximum Gasteiger partial charge on any atom is 0.239 e. The Morgan fingerprint density at radius 3 is 2.27 bits per heavy atom. The highest BCUT2D eigenvalue weighted by Crippen LogP contribution is 2.22. The third-order valence-corrected chi connectivity index (χ3v) is 4.74. The van der Waals surface area contributed by atoms with E-state index in [-0.39, 0.29) is 24.4 Å². The monoisotopic (exact) mass is 362 g/mol. The molecule has 1 fully saturated rings. The molecule has 1 aromatic rings. The van der Waals surface area contributed by atoms with Crippen molar-refractivity contribution in [2.45, 2.75) is 51.5 Å². The number of ether oxygens (including phenoxy) is 2. The van der Waals surface area contributed by atoms with Crippen LogP contribution in [0, 0.1) is 0 Å². The van der Waals surface area contributed by atoms with Gasteiger partial charge in [-0.25, -0.2) is 0 Å². The number of carbonyl (C=O) groups is 2. The summed E-state index contributed by atoms with van der Waals surface area (Å²) in [5, 5.41) is 2.83. The van der Waals surface area contributed by atoms with Crippen LogP contribution in [0.2, 0.25) is 0 Å². The minimum absolute atomic E-state index is 0.0264. The summed E-state index contributed by atoms with van der Waals surface area (Å²) in [6, 6.07) is 7.49. The Hall–Kier alpha value is -2.24. The standard InChI is InChI=1S/C20H30N2O4/c1-16(23)22(17-7-5-3-4-6-8-17)15-20(24)21-13-14-26-19-11-9-18(25-2)10-12-19/h9-12,17H,3-8,13-15H2,1-2H3,(H,21,24).